The summed E-state index contributed by atoms with van der Waals surface area (Å²) in [7, 11) is 0. The van der Waals surface area contributed by atoms with Gasteiger partial charge >= 0.3 is 5.97 Å². The highest BCUT2D eigenvalue weighted by atomic mass is 16.5. The van der Waals surface area contributed by atoms with Crippen molar-refractivity contribution in [1.82, 2.24) is 14.4 Å². The van der Waals surface area contributed by atoms with Crippen LogP contribution in [0.5, 0.6) is 0 Å². The Kier molecular flexibility index (Phi) is 3.36. The lowest BCUT2D eigenvalue weighted by Gasteiger charge is -1.95. The second kappa shape index (κ2) is 5.12. The molecule has 0 aliphatic heterocycles. The maximum atomic E-state index is 11.1. The fourth-order valence-electron chi connectivity index (χ4n) is 1.35. The van der Waals surface area contributed by atoms with E-state index >= 15 is 0 Å². The molecule has 17 heavy (non-hydrogen) atoms. The van der Waals surface area contributed by atoms with Gasteiger partial charge in [0.25, 0.3) is 0 Å². The van der Waals surface area contributed by atoms with E-state index < -0.39 is 0 Å². The number of ether oxygens (including phenoxy) is 1. The smallest absolute Gasteiger partial charge is 0.317 e. The minimum atomic E-state index is -0.310. The molecule has 2 aromatic rings. The lowest BCUT2D eigenvalue weighted by atomic mass is 10.4. The summed E-state index contributed by atoms with van der Waals surface area (Å²) in [6, 6.07) is 0. The van der Waals surface area contributed by atoms with Crippen LogP contribution in [-0.2, 0) is 9.53 Å². The quantitative estimate of drug-likeness (QED) is 0.570. The Morgan fingerprint density at radius 1 is 1.53 bits per heavy atom. The topological polar surface area (TPSA) is 56.5 Å². The average Bonchev–Trinajstić information content (AvgIpc) is 2.73. The normalized spacial score (nSPS) is 9.71. The maximum Gasteiger partial charge on any atom is 0.317 e. The molecule has 5 nitrogen and oxygen atoms in total. The first-order valence-electron chi connectivity index (χ1n) is 5.23. The Morgan fingerprint density at radius 3 is 3.24 bits per heavy atom. The third-order valence-corrected chi connectivity index (χ3v) is 2.07. The molecular formula is C12H11N3O2. The number of carbonyl (C=O) groups excluding carboxylic acids is 1. The molecule has 2 rings (SSSR count). The fourth-order valence-corrected chi connectivity index (χ4v) is 1.35. The molecule has 0 atom stereocenters. The predicted octanol–water partition coefficient (Wildman–Crippen LogP) is 1.03. The van der Waals surface area contributed by atoms with Crippen LogP contribution in [0.25, 0.3) is 5.65 Å². The van der Waals surface area contributed by atoms with Crippen molar-refractivity contribution in [3.8, 4) is 11.8 Å². The number of hydrogen-bond donors (Lipinski definition) is 0. The molecule has 0 aliphatic carbocycles. The first kappa shape index (κ1) is 11.1. The first-order chi connectivity index (χ1) is 8.31. The number of imidazole rings is 1. The molecule has 2 heterocycles. The van der Waals surface area contributed by atoms with Gasteiger partial charge in [0.05, 0.1) is 19.0 Å². The van der Waals surface area contributed by atoms with E-state index in [0.29, 0.717) is 6.61 Å². The first-order valence-corrected chi connectivity index (χ1v) is 5.23. The maximum absolute atomic E-state index is 11.1. The van der Waals surface area contributed by atoms with Gasteiger partial charge in [0, 0.05) is 12.4 Å². The van der Waals surface area contributed by atoms with Gasteiger partial charge in [-0.3, -0.25) is 14.2 Å². The molecule has 86 valence electrons. The van der Waals surface area contributed by atoms with Gasteiger partial charge in [-0.2, -0.15) is 0 Å². The zero-order valence-electron chi connectivity index (χ0n) is 9.38. The fraction of sp³-hybridized carbons (Fsp3) is 0.250. The Labute approximate surface area is 98.5 Å². The van der Waals surface area contributed by atoms with Gasteiger partial charge in [-0.1, -0.05) is 5.92 Å². The molecule has 0 aromatic carbocycles. The van der Waals surface area contributed by atoms with Crippen molar-refractivity contribution in [2.45, 2.75) is 13.3 Å². The van der Waals surface area contributed by atoms with E-state index in [2.05, 4.69) is 21.8 Å². The zero-order valence-corrected chi connectivity index (χ0v) is 9.38. The SMILES string of the molecule is CCOC(=O)CC#Cc1cnc2cnccn12. The lowest BCUT2D eigenvalue weighted by molar-refractivity contribution is -0.141. The highest BCUT2D eigenvalue weighted by Crippen LogP contribution is 2.02. The summed E-state index contributed by atoms with van der Waals surface area (Å²) in [5.41, 5.74) is 1.46. The predicted molar refractivity (Wildman–Crippen MR) is 61.1 cm³/mol. The second-order valence-corrected chi connectivity index (χ2v) is 3.23. The second-order valence-electron chi connectivity index (χ2n) is 3.23. The number of nitrogens with zero attached hydrogens (tertiary/aromatic N) is 3. The van der Waals surface area contributed by atoms with Gasteiger partial charge in [-0.15, -0.1) is 0 Å². The molecule has 0 saturated carbocycles. The molecule has 2 aromatic heterocycles. The van der Waals surface area contributed by atoms with Gasteiger partial charge < -0.3 is 4.74 Å². The number of fused-ring (bicyclic) bond motifs is 1. The van der Waals surface area contributed by atoms with E-state index in [4.69, 9.17) is 4.74 Å². The standard InChI is InChI=1S/C12H11N3O2/c1-2-17-12(16)5-3-4-10-8-14-11-9-13-6-7-15(10)11/h6-9H,2,5H2,1H3. The van der Waals surface area contributed by atoms with E-state index in [1.54, 1.807) is 31.7 Å². The Balaban J connectivity index is 2.14. The van der Waals surface area contributed by atoms with Crippen molar-refractivity contribution in [3.05, 3.63) is 30.5 Å². The lowest BCUT2D eigenvalue weighted by Crippen LogP contribution is -2.01. The molecule has 5 heteroatoms. The highest BCUT2D eigenvalue weighted by Gasteiger charge is 1.99. The van der Waals surface area contributed by atoms with Crippen molar-refractivity contribution in [2.24, 2.45) is 0 Å². The minimum absolute atomic E-state index is 0.0894. The number of carbonyl (C=O) groups is 1. The molecule has 0 spiro atoms. The molecule has 0 amide bonds. The molecular weight excluding hydrogens is 218 g/mol. The molecule has 0 aliphatic rings. The summed E-state index contributed by atoms with van der Waals surface area (Å²) in [6.45, 7) is 2.14. The van der Waals surface area contributed by atoms with Crippen molar-refractivity contribution in [2.75, 3.05) is 6.61 Å². The van der Waals surface area contributed by atoms with Gasteiger partial charge in [0.15, 0.2) is 5.65 Å². The van der Waals surface area contributed by atoms with Crippen LogP contribution in [0.15, 0.2) is 24.8 Å². The molecule has 0 saturated heterocycles. The molecule has 0 radical (unpaired) electrons. The molecule has 0 fully saturated rings. The Bertz CT molecular complexity index is 592. The summed E-state index contributed by atoms with van der Waals surface area (Å²) >= 11 is 0. The number of aromatic nitrogens is 3. The van der Waals surface area contributed by atoms with E-state index in [0.717, 1.165) is 11.3 Å². The van der Waals surface area contributed by atoms with Gasteiger partial charge in [0.2, 0.25) is 0 Å². The van der Waals surface area contributed by atoms with E-state index in [1.807, 2.05) is 4.40 Å². The van der Waals surface area contributed by atoms with Crippen LogP contribution in [-0.4, -0.2) is 26.9 Å². The largest absolute Gasteiger partial charge is 0.465 e. The van der Waals surface area contributed by atoms with Crippen LogP contribution in [0, 0.1) is 11.8 Å². The molecule has 0 unspecified atom stereocenters. The Hall–Kier alpha value is -2.35. The van der Waals surface area contributed by atoms with Crippen molar-refractivity contribution in [1.29, 1.82) is 0 Å². The van der Waals surface area contributed by atoms with Crippen LogP contribution in [0.2, 0.25) is 0 Å². The van der Waals surface area contributed by atoms with Crippen molar-refractivity contribution < 1.29 is 9.53 Å². The summed E-state index contributed by atoms with van der Waals surface area (Å²) in [5.74, 6) is 5.33. The molecule has 0 bridgehead atoms. The summed E-state index contributed by atoms with van der Waals surface area (Å²) < 4.78 is 6.59. The minimum Gasteiger partial charge on any atom is -0.465 e. The van der Waals surface area contributed by atoms with Gasteiger partial charge in [-0.25, -0.2) is 4.98 Å². The van der Waals surface area contributed by atoms with E-state index in [1.165, 1.54) is 0 Å². The third kappa shape index (κ3) is 2.61. The van der Waals surface area contributed by atoms with E-state index in [-0.39, 0.29) is 12.4 Å². The van der Waals surface area contributed by atoms with Crippen LogP contribution >= 0.6 is 0 Å². The summed E-state index contributed by atoms with van der Waals surface area (Å²) in [5, 5.41) is 0. The van der Waals surface area contributed by atoms with Crippen molar-refractivity contribution >= 4 is 11.6 Å². The van der Waals surface area contributed by atoms with Gasteiger partial charge in [0.1, 0.15) is 12.1 Å². The van der Waals surface area contributed by atoms with Crippen LogP contribution in [0.4, 0.5) is 0 Å². The average molecular weight is 229 g/mol. The van der Waals surface area contributed by atoms with E-state index in [9.17, 15) is 4.79 Å². The number of hydrogen-bond acceptors (Lipinski definition) is 4. The Morgan fingerprint density at radius 2 is 2.41 bits per heavy atom. The van der Waals surface area contributed by atoms with Crippen LogP contribution in [0.1, 0.15) is 19.0 Å². The summed E-state index contributed by atoms with van der Waals surface area (Å²) in [6.07, 6.45) is 6.82. The van der Waals surface area contributed by atoms with Gasteiger partial charge in [-0.05, 0) is 12.8 Å². The van der Waals surface area contributed by atoms with Crippen LogP contribution < -0.4 is 0 Å². The monoisotopic (exact) mass is 229 g/mol. The highest BCUT2D eigenvalue weighted by molar-refractivity contribution is 5.72. The van der Waals surface area contributed by atoms with Crippen LogP contribution in [0.3, 0.4) is 0 Å². The number of esters is 1. The van der Waals surface area contributed by atoms with Crippen molar-refractivity contribution in [3.63, 3.8) is 0 Å². The summed E-state index contributed by atoms with van der Waals surface area (Å²) in [4.78, 5) is 19.2. The third-order valence-electron chi connectivity index (χ3n) is 2.07. The zero-order chi connectivity index (χ0) is 12.1. The number of rotatable bonds is 2. The molecule has 0 N–H and O–H groups in total.